The molecule has 0 heterocycles. The van der Waals surface area contributed by atoms with E-state index >= 15 is 0 Å². The molecule has 0 bridgehead atoms. The SMILES string of the molecule is COCCC(CCOC)C(C)(N)C(=O)c1ccc(N(CCOC)CCOC)cc1. The van der Waals surface area contributed by atoms with E-state index in [0.717, 1.165) is 18.8 Å². The van der Waals surface area contributed by atoms with E-state index in [2.05, 4.69) is 4.90 Å². The lowest BCUT2D eigenvalue weighted by Gasteiger charge is -2.33. The molecule has 0 radical (unpaired) electrons. The first kappa shape index (κ1) is 25.5. The molecule has 2 N–H and O–H groups in total. The molecule has 0 saturated carbocycles. The predicted octanol–water partition coefficient (Wildman–Crippen LogP) is 2.38. The minimum Gasteiger partial charge on any atom is -0.385 e. The van der Waals surface area contributed by atoms with Crippen molar-refractivity contribution in [2.45, 2.75) is 25.3 Å². The van der Waals surface area contributed by atoms with Gasteiger partial charge in [-0.2, -0.15) is 0 Å². The van der Waals surface area contributed by atoms with Crippen molar-refractivity contribution in [2.75, 3.05) is 72.9 Å². The number of rotatable bonds is 16. The Morgan fingerprint density at radius 3 is 1.76 bits per heavy atom. The molecule has 1 aromatic rings. The second-order valence-corrected chi connectivity index (χ2v) is 7.39. The predicted molar refractivity (Wildman–Crippen MR) is 116 cm³/mol. The van der Waals surface area contributed by atoms with Gasteiger partial charge in [-0.1, -0.05) is 0 Å². The fraction of sp³-hybridized carbons (Fsp3) is 0.682. The van der Waals surface area contributed by atoms with Crippen LogP contribution in [-0.4, -0.2) is 79.3 Å². The number of ether oxygens (including phenoxy) is 4. The van der Waals surface area contributed by atoms with Crippen LogP contribution in [0, 0.1) is 5.92 Å². The molecule has 1 rings (SSSR count). The number of anilines is 1. The van der Waals surface area contributed by atoms with Gasteiger partial charge in [-0.3, -0.25) is 4.79 Å². The van der Waals surface area contributed by atoms with Gasteiger partial charge in [0.05, 0.1) is 18.8 Å². The Morgan fingerprint density at radius 2 is 1.34 bits per heavy atom. The molecule has 0 saturated heterocycles. The van der Waals surface area contributed by atoms with E-state index in [4.69, 9.17) is 24.7 Å². The molecule has 7 heteroatoms. The van der Waals surface area contributed by atoms with Crippen LogP contribution >= 0.6 is 0 Å². The van der Waals surface area contributed by atoms with Gasteiger partial charge < -0.3 is 29.6 Å². The van der Waals surface area contributed by atoms with Crippen LogP contribution in [0.15, 0.2) is 24.3 Å². The van der Waals surface area contributed by atoms with E-state index in [1.807, 2.05) is 31.2 Å². The molecule has 0 aliphatic rings. The van der Waals surface area contributed by atoms with Crippen LogP contribution in [0.2, 0.25) is 0 Å². The lowest BCUT2D eigenvalue weighted by molar-refractivity contribution is 0.0749. The van der Waals surface area contributed by atoms with Gasteiger partial charge in [-0.05, 0) is 49.9 Å². The number of methoxy groups -OCH3 is 4. The topological polar surface area (TPSA) is 83.3 Å². The molecule has 1 atom stereocenters. The van der Waals surface area contributed by atoms with Crippen molar-refractivity contribution in [3.05, 3.63) is 29.8 Å². The minimum absolute atomic E-state index is 0.0329. The maximum atomic E-state index is 13.2. The molecular weight excluding hydrogens is 372 g/mol. The van der Waals surface area contributed by atoms with E-state index in [9.17, 15) is 4.79 Å². The number of carbonyl (C=O) groups excluding carboxylic acids is 1. The van der Waals surface area contributed by atoms with Crippen LogP contribution in [-0.2, 0) is 18.9 Å². The number of nitrogens with two attached hydrogens (primary N) is 1. The van der Waals surface area contributed by atoms with E-state index in [-0.39, 0.29) is 11.7 Å². The van der Waals surface area contributed by atoms with Gasteiger partial charge in [-0.25, -0.2) is 0 Å². The third-order valence-corrected chi connectivity index (χ3v) is 5.30. The van der Waals surface area contributed by atoms with Crippen molar-refractivity contribution in [3.8, 4) is 0 Å². The van der Waals surface area contributed by atoms with Crippen molar-refractivity contribution in [3.63, 3.8) is 0 Å². The number of nitrogens with zero attached hydrogens (tertiary/aromatic N) is 1. The summed E-state index contributed by atoms with van der Waals surface area (Å²) in [5.41, 5.74) is 7.17. The first-order valence-electron chi connectivity index (χ1n) is 10.1. The third-order valence-electron chi connectivity index (χ3n) is 5.30. The highest BCUT2D eigenvalue weighted by Crippen LogP contribution is 2.27. The quantitative estimate of drug-likeness (QED) is 0.419. The van der Waals surface area contributed by atoms with Gasteiger partial charge in [0, 0.05) is 66.0 Å². The summed E-state index contributed by atoms with van der Waals surface area (Å²) >= 11 is 0. The zero-order chi connectivity index (χ0) is 21.7. The monoisotopic (exact) mass is 410 g/mol. The van der Waals surface area contributed by atoms with E-state index < -0.39 is 5.54 Å². The smallest absolute Gasteiger partial charge is 0.182 e. The molecule has 7 nitrogen and oxygen atoms in total. The van der Waals surface area contributed by atoms with E-state index in [1.165, 1.54) is 0 Å². The molecule has 1 aromatic carbocycles. The lowest BCUT2D eigenvalue weighted by Crippen LogP contribution is -2.52. The number of benzene rings is 1. The van der Waals surface area contributed by atoms with Crippen molar-refractivity contribution in [1.82, 2.24) is 0 Å². The Bertz CT molecular complexity index is 561. The van der Waals surface area contributed by atoms with Crippen LogP contribution in [0.4, 0.5) is 5.69 Å². The van der Waals surface area contributed by atoms with Gasteiger partial charge >= 0.3 is 0 Å². The summed E-state index contributed by atoms with van der Waals surface area (Å²) in [6, 6.07) is 7.60. The van der Waals surface area contributed by atoms with Crippen molar-refractivity contribution >= 4 is 11.5 Å². The molecular formula is C22H38N2O5. The second kappa shape index (κ2) is 13.7. The average molecular weight is 411 g/mol. The summed E-state index contributed by atoms with van der Waals surface area (Å²) in [5.74, 6) is -0.101. The molecule has 0 fully saturated rings. The highest BCUT2D eigenvalue weighted by molar-refractivity contribution is 6.03. The van der Waals surface area contributed by atoms with Crippen LogP contribution in [0.3, 0.4) is 0 Å². The van der Waals surface area contributed by atoms with Crippen LogP contribution in [0.1, 0.15) is 30.1 Å². The average Bonchev–Trinajstić information content (AvgIpc) is 2.73. The number of hydrogen-bond donors (Lipinski definition) is 1. The summed E-state index contributed by atoms with van der Waals surface area (Å²) < 4.78 is 20.8. The Balaban J connectivity index is 2.95. The Morgan fingerprint density at radius 1 is 0.897 bits per heavy atom. The minimum atomic E-state index is -0.996. The molecule has 0 spiro atoms. The Labute approximate surface area is 175 Å². The van der Waals surface area contributed by atoms with Crippen molar-refractivity contribution in [2.24, 2.45) is 11.7 Å². The molecule has 166 valence electrons. The highest BCUT2D eigenvalue weighted by atomic mass is 16.5. The maximum Gasteiger partial charge on any atom is 0.182 e. The van der Waals surface area contributed by atoms with Crippen molar-refractivity contribution < 1.29 is 23.7 Å². The molecule has 0 aliphatic carbocycles. The summed E-state index contributed by atoms with van der Waals surface area (Å²) in [7, 11) is 6.67. The van der Waals surface area contributed by atoms with Gasteiger partial charge in [0.1, 0.15) is 0 Å². The van der Waals surface area contributed by atoms with Crippen LogP contribution in [0.5, 0.6) is 0 Å². The third kappa shape index (κ3) is 8.03. The summed E-state index contributed by atoms with van der Waals surface area (Å²) in [5, 5.41) is 0. The number of ketones is 1. The lowest BCUT2D eigenvalue weighted by atomic mass is 9.77. The van der Waals surface area contributed by atoms with Crippen LogP contribution in [0.25, 0.3) is 0 Å². The first-order chi connectivity index (χ1) is 13.9. The highest BCUT2D eigenvalue weighted by Gasteiger charge is 2.37. The summed E-state index contributed by atoms with van der Waals surface area (Å²) in [4.78, 5) is 15.4. The van der Waals surface area contributed by atoms with E-state index in [1.54, 1.807) is 28.4 Å². The number of Topliss-reactive ketones (excluding diaryl/α,β-unsaturated/α-hetero) is 1. The number of carbonyl (C=O) groups is 1. The first-order valence-corrected chi connectivity index (χ1v) is 10.1. The van der Waals surface area contributed by atoms with Crippen molar-refractivity contribution in [1.29, 1.82) is 0 Å². The largest absolute Gasteiger partial charge is 0.385 e. The standard InChI is InChI=1S/C22H38N2O5/c1-22(23,19(10-14-26-2)11-15-27-3)21(25)18-6-8-20(9-7-18)24(12-16-28-4)13-17-29-5/h6-9,19H,10-17,23H2,1-5H3. The van der Waals surface area contributed by atoms with Crippen LogP contribution < -0.4 is 10.6 Å². The molecule has 0 aromatic heterocycles. The molecule has 0 amide bonds. The summed E-state index contributed by atoms with van der Waals surface area (Å²) in [6.07, 6.45) is 1.41. The zero-order valence-corrected chi connectivity index (χ0v) is 18.6. The normalized spacial score (nSPS) is 13.5. The van der Waals surface area contributed by atoms with Gasteiger partial charge in [0.15, 0.2) is 5.78 Å². The Hall–Kier alpha value is -1.51. The molecule has 29 heavy (non-hydrogen) atoms. The molecule has 0 aliphatic heterocycles. The fourth-order valence-electron chi connectivity index (χ4n) is 3.36. The second-order valence-electron chi connectivity index (χ2n) is 7.39. The fourth-order valence-corrected chi connectivity index (χ4v) is 3.36. The maximum absolute atomic E-state index is 13.2. The van der Waals surface area contributed by atoms with Gasteiger partial charge in [0.2, 0.25) is 0 Å². The summed E-state index contributed by atoms with van der Waals surface area (Å²) in [6.45, 7) is 5.65. The van der Waals surface area contributed by atoms with E-state index in [0.29, 0.717) is 44.8 Å². The Kier molecular flexibility index (Phi) is 12.0. The van der Waals surface area contributed by atoms with Gasteiger partial charge in [-0.15, -0.1) is 0 Å². The molecule has 1 unspecified atom stereocenters. The van der Waals surface area contributed by atoms with Gasteiger partial charge in [0.25, 0.3) is 0 Å². The zero-order valence-electron chi connectivity index (χ0n) is 18.6. The number of hydrogen-bond acceptors (Lipinski definition) is 7.